The minimum absolute atomic E-state index is 0.0587. The molecule has 1 aliphatic heterocycles. The number of hydrogen-bond acceptors (Lipinski definition) is 3. The third-order valence-electron chi connectivity index (χ3n) is 4.20. The van der Waals surface area contributed by atoms with E-state index in [4.69, 9.17) is 5.73 Å². The molecule has 0 aromatic heterocycles. The van der Waals surface area contributed by atoms with Gasteiger partial charge in [-0.1, -0.05) is 13.8 Å². The Morgan fingerprint density at radius 2 is 2.29 bits per heavy atom. The smallest absolute Gasteiger partial charge is 0.224 e. The van der Waals surface area contributed by atoms with Crippen LogP contribution in [0, 0.1) is 0 Å². The molecule has 5 heteroatoms. The minimum atomic E-state index is -0.0587. The first-order valence-electron chi connectivity index (χ1n) is 7.47. The van der Waals surface area contributed by atoms with E-state index in [1.807, 2.05) is 24.0 Å². The van der Waals surface area contributed by atoms with Crippen LogP contribution >= 0.6 is 15.9 Å². The summed E-state index contributed by atoms with van der Waals surface area (Å²) in [4.78, 5) is 14.2. The molecule has 0 bridgehead atoms. The number of phenols is 1. The number of halogens is 1. The summed E-state index contributed by atoms with van der Waals surface area (Å²) in [7, 11) is 0. The van der Waals surface area contributed by atoms with Crippen LogP contribution in [0.3, 0.4) is 0 Å². The van der Waals surface area contributed by atoms with Crippen molar-refractivity contribution in [3.8, 4) is 5.75 Å². The lowest BCUT2D eigenvalue weighted by atomic mass is 9.95. The highest BCUT2D eigenvalue weighted by Crippen LogP contribution is 2.33. The number of nitrogens with zero attached hydrogens (tertiary/aromatic N) is 1. The van der Waals surface area contributed by atoms with E-state index in [-0.39, 0.29) is 23.6 Å². The van der Waals surface area contributed by atoms with E-state index in [1.54, 1.807) is 0 Å². The molecule has 1 unspecified atom stereocenters. The van der Waals surface area contributed by atoms with E-state index in [0.29, 0.717) is 24.0 Å². The Hall–Kier alpha value is -1.07. The van der Waals surface area contributed by atoms with Crippen molar-refractivity contribution in [2.24, 2.45) is 5.73 Å². The van der Waals surface area contributed by atoms with Crippen molar-refractivity contribution < 1.29 is 9.90 Å². The lowest BCUT2D eigenvalue weighted by molar-refractivity contribution is -0.131. The average Bonchev–Trinajstić information content (AvgIpc) is 2.60. The number of hydrogen-bond donors (Lipinski definition) is 2. The highest BCUT2D eigenvalue weighted by atomic mass is 79.9. The molecule has 0 aliphatic carbocycles. The number of rotatable bonds is 3. The van der Waals surface area contributed by atoms with Gasteiger partial charge in [-0.3, -0.25) is 4.79 Å². The van der Waals surface area contributed by atoms with Crippen molar-refractivity contribution in [2.75, 3.05) is 13.1 Å². The molecule has 2 atom stereocenters. The Labute approximate surface area is 134 Å². The van der Waals surface area contributed by atoms with Gasteiger partial charge in [0.15, 0.2) is 0 Å². The fourth-order valence-electron chi connectivity index (χ4n) is 2.79. The molecule has 1 amide bonds. The zero-order chi connectivity index (χ0) is 15.6. The van der Waals surface area contributed by atoms with Crippen LogP contribution in [-0.2, 0) is 11.2 Å². The summed E-state index contributed by atoms with van der Waals surface area (Å²) in [5.74, 6) is 0.601. The maximum atomic E-state index is 12.3. The van der Waals surface area contributed by atoms with Gasteiger partial charge in [0.1, 0.15) is 5.75 Å². The normalized spacial score (nSPS) is 19.8. The molecule has 0 radical (unpaired) electrons. The number of fused-ring (bicyclic) bond motifs is 1. The molecule has 1 heterocycles. The highest BCUT2D eigenvalue weighted by molar-refractivity contribution is 9.10. The Morgan fingerprint density at radius 3 is 2.95 bits per heavy atom. The maximum Gasteiger partial charge on any atom is 0.224 e. The average molecular weight is 355 g/mol. The summed E-state index contributed by atoms with van der Waals surface area (Å²) in [6, 6.07) is 3.72. The molecule has 116 valence electrons. The summed E-state index contributed by atoms with van der Waals surface area (Å²) >= 11 is 3.36. The second-order valence-electron chi connectivity index (χ2n) is 5.87. The van der Waals surface area contributed by atoms with Crippen LogP contribution in [0.25, 0.3) is 0 Å². The SMILES string of the molecule is CC[C@H](N)CC(=O)N1CCc2cc(Br)c(O)cc2C(C)C1. The van der Waals surface area contributed by atoms with Gasteiger partial charge >= 0.3 is 0 Å². The molecule has 1 aliphatic rings. The predicted octanol–water partition coefficient (Wildman–Crippen LogP) is 2.77. The molecule has 2 rings (SSSR count). The lowest BCUT2D eigenvalue weighted by Gasteiger charge is -2.24. The number of phenolic OH excluding ortho intramolecular Hbond substituents is 1. The zero-order valence-corrected chi connectivity index (χ0v) is 14.2. The second-order valence-corrected chi connectivity index (χ2v) is 6.72. The molecule has 1 aromatic carbocycles. The van der Waals surface area contributed by atoms with Crippen molar-refractivity contribution in [1.29, 1.82) is 0 Å². The lowest BCUT2D eigenvalue weighted by Crippen LogP contribution is -2.37. The second kappa shape index (κ2) is 6.79. The van der Waals surface area contributed by atoms with Crippen molar-refractivity contribution in [2.45, 2.75) is 45.1 Å². The Kier molecular flexibility index (Phi) is 5.27. The number of nitrogens with two attached hydrogens (primary N) is 1. The molecule has 21 heavy (non-hydrogen) atoms. The first-order valence-corrected chi connectivity index (χ1v) is 8.26. The minimum Gasteiger partial charge on any atom is -0.507 e. The summed E-state index contributed by atoms with van der Waals surface area (Å²) in [6.45, 7) is 5.49. The van der Waals surface area contributed by atoms with Crippen LogP contribution in [0.2, 0.25) is 0 Å². The summed E-state index contributed by atoms with van der Waals surface area (Å²) < 4.78 is 0.709. The first-order chi connectivity index (χ1) is 9.92. The summed E-state index contributed by atoms with van der Waals surface area (Å²) in [5.41, 5.74) is 8.22. The largest absolute Gasteiger partial charge is 0.507 e. The molecular formula is C16H23BrN2O2. The molecule has 3 N–H and O–H groups in total. The summed E-state index contributed by atoms with van der Waals surface area (Å²) in [6.07, 6.45) is 2.04. The molecule has 0 saturated carbocycles. The van der Waals surface area contributed by atoms with Gasteiger partial charge in [0.2, 0.25) is 5.91 Å². The van der Waals surface area contributed by atoms with Gasteiger partial charge in [-0.15, -0.1) is 0 Å². The molecule has 0 spiro atoms. The number of carbonyl (C=O) groups excluding carboxylic acids is 1. The van der Waals surface area contributed by atoms with Crippen LogP contribution in [-0.4, -0.2) is 35.0 Å². The molecule has 4 nitrogen and oxygen atoms in total. The highest BCUT2D eigenvalue weighted by Gasteiger charge is 2.24. The molecule has 0 saturated heterocycles. The maximum absolute atomic E-state index is 12.3. The van der Waals surface area contributed by atoms with Crippen molar-refractivity contribution in [1.82, 2.24) is 4.90 Å². The van der Waals surface area contributed by atoms with Crippen LogP contribution in [0.15, 0.2) is 16.6 Å². The number of amides is 1. The van der Waals surface area contributed by atoms with Gasteiger partial charge < -0.3 is 15.7 Å². The third-order valence-corrected chi connectivity index (χ3v) is 4.83. The fourth-order valence-corrected chi connectivity index (χ4v) is 3.19. The van der Waals surface area contributed by atoms with E-state index in [9.17, 15) is 9.90 Å². The van der Waals surface area contributed by atoms with Crippen LogP contribution in [0.1, 0.15) is 43.7 Å². The molecule has 0 fully saturated rings. The number of carbonyl (C=O) groups is 1. The van der Waals surface area contributed by atoms with E-state index in [0.717, 1.165) is 18.4 Å². The van der Waals surface area contributed by atoms with Crippen molar-refractivity contribution in [3.05, 3.63) is 27.7 Å². The topological polar surface area (TPSA) is 66.6 Å². The van der Waals surface area contributed by atoms with E-state index < -0.39 is 0 Å². The van der Waals surface area contributed by atoms with Gasteiger partial charge in [0.05, 0.1) is 4.47 Å². The van der Waals surface area contributed by atoms with Gasteiger partial charge in [-0.05, 0) is 57.9 Å². The number of benzene rings is 1. The van der Waals surface area contributed by atoms with E-state index in [2.05, 4.69) is 22.9 Å². The predicted molar refractivity (Wildman–Crippen MR) is 87.4 cm³/mol. The van der Waals surface area contributed by atoms with Crippen LogP contribution in [0.5, 0.6) is 5.75 Å². The van der Waals surface area contributed by atoms with E-state index in [1.165, 1.54) is 5.56 Å². The molecule has 1 aromatic rings. The summed E-state index contributed by atoms with van der Waals surface area (Å²) in [5, 5.41) is 9.87. The molecular weight excluding hydrogens is 332 g/mol. The van der Waals surface area contributed by atoms with Gasteiger partial charge in [-0.2, -0.15) is 0 Å². The van der Waals surface area contributed by atoms with E-state index >= 15 is 0 Å². The number of aromatic hydroxyl groups is 1. The third kappa shape index (κ3) is 3.77. The van der Waals surface area contributed by atoms with Crippen molar-refractivity contribution >= 4 is 21.8 Å². The van der Waals surface area contributed by atoms with Crippen LogP contribution < -0.4 is 5.73 Å². The van der Waals surface area contributed by atoms with Crippen molar-refractivity contribution in [3.63, 3.8) is 0 Å². The van der Waals surface area contributed by atoms with Gasteiger partial charge in [-0.25, -0.2) is 0 Å². The monoisotopic (exact) mass is 354 g/mol. The Bertz CT molecular complexity index is 533. The van der Waals surface area contributed by atoms with Crippen LogP contribution in [0.4, 0.5) is 0 Å². The first kappa shape index (κ1) is 16.3. The quantitative estimate of drug-likeness (QED) is 0.876. The standard InChI is InChI=1S/C16H23BrN2O2/c1-3-12(18)7-16(21)19-5-4-11-6-14(17)15(20)8-13(11)10(2)9-19/h6,8,10,12,20H,3-5,7,9,18H2,1-2H3/t10?,12-/m0/s1. The van der Waals surface area contributed by atoms with Gasteiger partial charge in [0, 0.05) is 25.6 Å². The Morgan fingerprint density at radius 1 is 1.57 bits per heavy atom. The Balaban J connectivity index is 2.16. The zero-order valence-electron chi connectivity index (χ0n) is 12.6. The van der Waals surface area contributed by atoms with Gasteiger partial charge in [0.25, 0.3) is 0 Å². The fraction of sp³-hybridized carbons (Fsp3) is 0.562.